The highest BCUT2D eigenvalue weighted by molar-refractivity contribution is 5.83. The maximum absolute atomic E-state index is 11.9. The quantitative estimate of drug-likeness (QED) is 0.825. The van der Waals surface area contributed by atoms with E-state index in [-0.39, 0.29) is 18.7 Å². The normalized spacial score (nSPS) is 11.6. The van der Waals surface area contributed by atoms with Crippen molar-refractivity contribution >= 4 is 11.9 Å². The molecular formula is C18H19NO3. The molecule has 0 aromatic heterocycles. The Hall–Kier alpha value is -2.62. The van der Waals surface area contributed by atoms with Crippen LogP contribution in [0.15, 0.2) is 60.7 Å². The van der Waals surface area contributed by atoms with Gasteiger partial charge in [0.15, 0.2) is 0 Å². The number of nitrogens with one attached hydrogen (secondary N) is 1. The van der Waals surface area contributed by atoms with E-state index in [9.17, 15) is 14.7 Å². The maximum Gasteiger partial charge on any atom is 0.326 e. The first-order valence-corrected chi connectivity index (χ1v) is 7.25. The Labute approximate surface area is 129 Å². The van der Waals surface area contributed by atoms with Gasteiger partial charge in [-0.15, -0.1) is 0 Å². The Kier molecular flexibility index (Phi) is 5.72. The van der Waals surface area contributed by atoms with Crippen LogP contribution in [0.2, 0.25) is 0 Å². The maximum atomic E-state index is 11.9. The molecule has 0 bridgehead atoms. The van der Waals surface area contributed by atoms with E-state index in [4.69, 9.17) is 0 Å². The smallest absolute Gasteiger partial charge is 0.326 e. The Morgan fingerprint density at radius 3 is 2.00 bits per heavy atom. The van der Waals surface area contributed by atoms with Gasteiger partial charge in [-0.2, -0.15) is 0 Å². The molecule has 2 aromatic rings. The van der Waals surface area contributed by atoms with Crippen LogP contribution in [-0.4, -0.2) is 23.0 Å². The predicted molar refractivity (Wildman–Crippen MR) is 84.5 cm³/mol. The summed E-state index contributed by atoms with van der Waals surface area (Å²) < 4.78 is 0. The molecule has 0 saturated carbocycles. The van der Waals surface area contributed by atoms with Crippen LogP contribution in [0.1, 0.15) is 17.5 Å². The van der Waals surface area contributed by atoms with Crippen molar-refractivity contribution in [1.29, 1.82) is 0 Å². The second kappa shape index (κ2) is 7.98. The summed E-state index contributed by atoms with van der Waals surface area (Å²) in [5, 5.41) is 11.9. The number of benzene rings is 2. The van der Waals surface area contributed by atoms with Crippen molar-refractivity contribution in [2.24, 2.45) is 0 Å². The molecule has 1 atom stereocenters. The molecule has 0 aliphatic heterocycles. The molecule has 0 spiro atoms. The lowest BCUT2D eigenvalue weighted by atomic mass is 10.1. The summed E-state index contributed by atoms with van der Waals surface area (Å²) in [6, 6.07) is 18.0. The second-order valence-corrected chi connectivity index (χ2v) is 5.13. The van der Waals surface area contributed by atoms with Crippen LogP contribution in [0.25, 0.3) is 0 Å². The fourth-order valence-corrected chi connectivity index (χ4v) is 2.22. The van der Waals surface area contributed by atoms with Crippen LogP contribution in [0.3, 0.4) is 0 Å². The minimum Gasteiger partial charge on any atom is -0.480 e. The van der Waals surface area contributed by atoms with Gasteiger partial charge in [0.1, 0.15) is 6.04 Å². The lowest BCUT2D eigenvalue weighted by Gasteiger charge is -2.14. The summed E-state index contributed by atoms with van der Waals surface area (Å²) in [5.41, 5.74) is 1.95. The standard InChI is InChI=1S/C18H19NO3/c20-17(12-11-14-7-3-1-4-8-14)19-16(18(21)22)13-15-9-5-2-6-10-15/h1-10,16H,11-13H2,(H,19,20)(H,21,22). The molecule has 2 aromatic carbocycles. The van der Waals surface area contributed by atoms with Gasteiger partial charge >= 0.3 is 5.97 Å². The number of aryl methyl sites for hydroxylation is 1. The van der Waals surface area contributed by atoms with Gasteiger partial charge in [0.2, 0.25) is 5.91 Å². The number of hydrogen-bond acceptors (Lipinski definition) is 2. The largest absolute Gasteiger partial charge is 0.480 e. The van der Waals surface area contributed by atoms with Crippen molar-refractivity contribution < 1.29 is 14.7 Å². The predicted octanol–water partition coefficient (Wildman–Crippen LogP) is 2.43. The van der Waals surface area contributed by atoms with E-state index in [1.807, 2.05) is 60.7 Å². The second-order valence-electron chi connectivity index (χ2n) is 5.13. The number of carboxylic acids is 1. The number of rotatable bonds is 7. The van der Waals surface area contributed by atoms with Gasteiger partial charge in [-0.05, 0) is 17.5 Å². The first-order valence-electron chi connectivity index (χ1n) is 7.25. The summed E-state index contributed by atoms with van der Waals surface area (Å²) in [4.78, 5) is 23.2. The molecule has 2 rings (SSSR count). The van der Waals surface area contributed by atoms with E-state index in [0.717, 1.165) is 11.1 Å². The van der Waals surface area contributed by atoms with Gasteiger partial charge in [0.25, 0.3) is 0 Å². The topological polar surface area (TPSA) is 66.4 Å². The summed E-state index contributed by atoms with van der Waals surface area (Å²) in [5.74, 6) is -1.26. The summed E-state index contributed by atoms with van der Waals surface area (Å²) >= 11 is 0. The van der Waals surface area contributed by atoms with E-state index >= 15 is 0 Å². The van der Waals surface area contributed by atoms with Crippen molar-refractivity contribution in [1.82, 2.24) is 5.32 Å². The average molecular weight is 297 g/mol. The first-order chi connectivity index (χ1) is 10.6. The highest BCUT2D eigenvalue weighted by Gasteiger charge is 2.20. The fraction of sp³-hybridized carbons (Fsp3) is 0.222. The van der Waals surface area contributed by atoms with Gasteiger partial charge in [0, 0.05) is 12.8 Å². The number of hydrogen-bond donors (Lipinski definition) is 2. The highest BCUT2D eigenvalue weighted by Crippen LogP contribution is 2.05. The Balaban J connectivity index is 1.88. The molecule has 0 saturated heterocycles. The van der Waals surface area contributed by atoms with E-state index in [1.54, 1.807) is 0 Å². The zero-order chi connectivity index (χ0) is 15.8. The number of carboxylic acid groups (broad SMARTS) is 1. The minimum atomic E-state index is -1.02. The lowest BCUT2D eigenvalue weighted by Crippen LogP contribution is -2.42. The van der Waals surface area contributed by atoms with Gasteiger partial charge in [-0.3, -0.25) is 4.79 Å². The molecule has 0 fully saturated rings. The molecule has 2 N–H and O–H groups in total. The van der Waals surface area contributed by atoms with Crippen LogP contribution in [0.5, 0.6) is 0 Å². The molecule has 0 radical (unpaired) electrons. The molecule has 0 heterocycles. The monoisotopic (exact) mass is 297 g/mol. The first kappa shape index (κ1) is 15.8. The summed E-state index contributed by atoms with van der Waals surface area (Å²) in [6.45, 7) is 0. The number of carbonyl (C=O) groups is 2. The SMILES string of the molecule is O=C(CCc1ccccc1)NC(Cc1ccccc1)C(=O)O. The minimum absolute atomic E-state index is 0.243. The lowest BCUT2D eigenvalue weighted by molar-refractivity contribution is -0.141. The summed E-state index contributed by atoms with van der Waals surface area (Å²) in [7, 11) is 0. The summed E-state index contributed by atoms with van der Waals surface area (Å²) in [6.07, 6.45) is 1.17. The number of carbonyl (C=O) groups excluding carboxylic acids is 1. The Morgan fingerprint density at radius 2 is 1.45 bits per heavy atom. The average Bonchev–Trinajstić information content (AvgIpc) is 2.54. The van der Waals surface area contributed by atoms with E-state index in [2.05, 4.69) is 5.32 Å². The Morgan fingerprint density at radius 1 is 0.909 bits per heavy atom. The molecule has 0 aliphatic carbocycles. The third-order valence-electron chi connectivity index (χ3n) is 3.40. The third-order valence-corrected chi connectivity index (χ3v) is 3.40. The fourth-order valence-electron chi connectivity index (χ4n) is 2.22. The van der Waals surface area contributed by atoms with Gasteiger partial charge < -0.3 is 10.4 Å². The number of amides is 1. The molecule has 1 amide bonds. The van der Waals surface area contributed by atoms with Crippen LogP contribution in [0, 0.1) is 0 Å². The van der Waals surface area contributed by atoms with Crippen molar-refractivity contribution in [2.45, 2.75) is 25.3 Å². The van der Waals surface area contributed by atoms with Crippen molar-refractivity contribution in [2.75, 3.05) is 0 Å². The van der Waals surface area contributed by atoms with E-state index in [0.29, 0.717) is 6.42 Å². The van der Waals surface area contributed by atoms with Gasteiger partial charge in [-0.1, -0.05) is 60.7 Å². The van der Waals surface area contributed by atoms with Gasteiger partial charge in [0.05, 0.1) is 0 Å². The van der Waals surface area contributed by atoms with Crippen molar-refractivity contribution in [3.05, 3.63) is 71.8 Å². The van der Waals surface area contributed by atoms with E-state index in [1.165, 1.54) is 0 Å². The molecule has 114 valence electrons. The highest BCUT2D eigenvalue weighted by atomic mass is 16.4. The van der Waals surface area contributed by atoms with Crippen LogP contribution in [-0.2, 0) is 22.4 Å². The molecule has 1 unspecified atom stereocenters. The molecule has 4 nitrogen and oxygen atoms in total. The van der Waals surface area contributed by atoms with Crippen LogP contribution in [0.4, 0.5) is 0 Å². The zero-order valence-corrected chi connectivity index (χ0v) is 12.2. The Bertz CT molecular complexity index is 611. The molecule has 0 aliphatic rings. The van der Waals surface area contributed by atoms with Crippen molar-refractivity contribution in [3.63, 3.8) is 0 Å². The third kappa shape index (κ3) is 5.05. The number of aliphatic carboxylic acids is 1. The molecule has 22 heavy (non-hydrogen) atoms. The van der Waals surface area contributed by atoms with Crippen LogP contribution < -0.4 is 5.32 Å². The molecular weight excluding hydrogens is 278 g/mol. The molecule has 4 heteroatoms. The zero-order valence-electron chi connectivity index (χ0n) is 12.2. The van der Waals surface area contributed by atoms with Crippen LogP contribution >= 0.6 is 0 Å². The van der Waals surface area contributed by atoms with Gasteiger partial charge in [-0.25, -0.2) is 4.79 Å². The van der Waals surface area contributed by atoms with E-state index < -0.39 is 12.0 Å². The van der Waals surface area contributed by atoms with Crippen molar-refractivity contribution in [3.8, 4) is 0 Å².